The Morgan fingerprint density at radius 1 is 1.32 bits per heavy atom. The fourth-order valence-corrected chi connectivity index (χ4v) is 2.94. The molecule has 0 unspecified atom stereocenters. The van der Waals surface area contributed by atoms with Crippen molar-refractivity contribution in [1.29, 1.82) is 0 Å². The van der Waals surface area contributed by atoms with Gasteiger partial charge in [-0.15, -0.1) is 0 Å². The van der Waals surface area contributed by atoms with E-state index in [2.05, 4.69) is 0 Å². The first kappa shape index (κ1) is 16.6. The summed E-state index contributed by atoms with van der Waals surface area (Å²) in [6.45, 7) is -1.32. The molecule has 0 bridgehead atoms. The predicted octanol–water partition coefficient (Wildman–Crippen LogP) is -0.144. The number of aliphatic hydroxyl groups is 1. The van der Waals surface area contributed by atoms with E-state index in [1.54, 1.807) is 0 Å². The number of nitrogens with zero attached hydrogens (tertiary/aromatic N) is 1. The lowest BCUT2D eigenvalue weighted by atomic mass is 10.1. The molecule has 2 N–H and O–H groups in total. The molecule has 0 radical (unpaired) electrons. The van der Waals surface area contributed by atoms with Crippen LogP contribution in [0.4, 0.5) is 13.2 Å². The quantitative estimate of drug-likeness (QED) is 0.716. The van der Waals surface area contributed by atoms with E-state index < -0.39 is 22.9 Å². The van der Waals surface area contributed by atoms with E-state index in [4.69, 9.17) is 9.84 Å². The Hall–Kier alpha value is -0.420. The number of rotatable bonds is 6. The van der Waals surface area contributed by atoms with Gasteiger partial charge in [0.2, 0.25) is 0 Å². The Morgan fingerprint density at radius 2 is 1.89 bits per heavy atom. The van der Waals surface area contributed by atoms with E-state index in [9.17, 15) is 21.6 Å². The molecule has 0 aromatic carbocycles. The van der Waals surface area contributed by atoms with E-state index >= 15 is 0 Å². The number of halogens is 3. The second-order valence-corrected chi connectivity index (χ2v) is 5.89. The van der Waals surface area contributed by atoms with Crippen LogP contribution in [0, 0.1) is 0 Å². The van der Waals surface area contributed by atoms with Gasteiger partial charge in [0.1, 0.15) is 6.54 Å². The molecule has 1 fully saturated rings. The topological polar surface area (TPSA) is 78.9 Å². The predicted molar refractivity (Wildman–Crippen MR) is 60.6 cm³/mol. The van der Waals surface area contributed by atoms with Gasteiger partial charge in [-0.25, -0.2) is 0 Å². The van der Waals surface area contributed by atoms with Gasteiger partial charge in [0.25, 0.3) is 10.2 Å². The number of piperidine rings is 1. The zero-order valence-electron chi connectivity index (χ0n) is 10.2. The van der Waals surface area contributed by atoms with Crippen LogP contribution in [0.25, 0.3) is 0 Å². The largest absolute Gasteiger partial charge is 0.402 e. The normalized spacial score (nSPS) is 19.8. The Morgan fingerprint density at radius 3 is 2.37 bits per heavy atom. The van der Waals surface area contributed by atoms with Crippen molar-refractivity contribution >= 4 is 10.2 Å². The number of aliphatic hydroxyl groups excluding tert-OH is 1. The summed E-state index contributed by atoms with van der Waals surface area (Å²) >= 11 is 0. The van der Waals surface area contributed by atoms with E-state index in [0.29, 0.717) is 12.8 Å². The molecule has 1 heterocycles. The lowest BCUT2D eigenvalue weighted by molar-refractivity contribution is -0.121. The molecular formula is C9H17F3N2O4S. The molecule has 0 aromatic rings. The second-order valence-electron chi connectivity index (χ2n) is 4.13. The van der Waals surface area contributed by atoms with Crippen molar-refractivity contribution in [3.63, 3.8) is 0 Å². The van der Waals surface area contributed by atoms with Crippen LogP contribution in [-0.2, 0) is 14.9 Å². The third kappa shape index (κ3) is 6.04. The number of nitrogens with one attached hydrogen (secondary N) is 1. The van der Waals surface area contributed by atoms with Crippen LogP contribution in [0.3, 0.4) is 0 Å². The van der Waals surface area contributed by atoms with Crippen molar-refractivity contribution in [2.45, 2.75) is 25.1 Å². The highest BCUT2D eigenvalue weighted by molar-refractivity contribution is 7.87. The van der Waals surface area contributed by atoms with Crippen molar-refractivity contribution in [2.24, 2.45) is 0 Å². The molecule has 1 aliphatic heterocycles. The van der Waals surface area contributed by atoms with Crippen LogP contribution in [0.5, 0.6) is 0 Å². The molecule has 0 aliphatic carbocycles. The molecule has 0 amide bonds. The van der Waals surface area contributed by atoms with Gasteiger partial charge >= 0.3 is 6.18 Å². The van der Waals surface area contributed by atoms with Gasteiger partial charge in [0.15, 0.2) is 0 Å². The maximum Gasteiger partial charge on any atom is 0.402 e. The van der Waals surface area contributed by atoms with E-state index in [-0.39, 0.29) is 32.4 Å². The highest BCUT2D eigenvalue weighted by Crippen LogP contribution is 2.17. The fourth-order valence-electron chi connectivity index (χ4n) is 1.72. The lowest BCUT2D eigenvalue weighted by Gasteiger charge is -2.31. The summed E-state index contributed by atoms with van der Waals surface area (Å²) in [5.41, 5.74) is 0. The van der Waals surface area contributed by atoms with Crippen molar-refractivity contribution in [3.8, 4) is 0 Å². The highest BCUT2D eigenvalue weighted by atomic mass is 32.2. The second kappa shape index (κ2) is 6.84. The first-order valence-electron chi connectivity index (χ1n) is 5.78. The van der Waals surface area contributed by atoms with Crippen LogP contribution in [0.1, 0.15) is 12.8 Å². The average Bonchev–Trinajstić information content (AvgIpc) is 2.34. The molecule has 1 rings (SSSR count). The average molecular weight is 306 g/mol. The number of alkyl halides is 3. The summed E-state index contributed by atoms with van der Waals surface area (Å²) < 4.78 is 66.8. The van der Waals surface area contributed by atoms with Crippen molar-refractivity contribution in [3.05, 3.63) is 0 Å². The maximum absolute atomic E-state index is 12.0. The van der Waals surface area contributed by atoms with Crippen LogP contribution in [-0.4, -0.2) is 63.0 Å². The van der Waals surface area contributed by atoms with Gasteiger partial charge < -0.3 is 9.84 Å². The molecule has 0 atom stereocenters. The Balaban J connectivity index is 2.41. The monoisotopic (exact) mass is 306 g/mol. The van der Waals surface area contributed by atoms with Gasteiger partial charge in [0.05, 0.1) is 19.3 Å². The zero-order valence-corrected chi connectivity index (χ0v) is 11.0. The van der Waals surface area contributed by atoms with Crippen LogP contribution < -0.4 is 4.72 Å². The van der Waals surface area contributed by atoms with Gasteiger partial charge in [-0.1, -0.05) is 0 Å². The minimum atomic E-state index is -4.57. The summed E-state index contributed by atoms with van der Waals surface area (Å²) in [6.07, 6.45) is -3.95. The molecule has 0 aromatic heterocycles. The zero-order chi connectivity index (χ0) is 14.5. The number of ether oxygens (including phenoxy) is 1. The van der Waals surface area contributed by atoms with Gasteiger partial charge in [-0.05, 0) is 12.8 Å². The van der Waals surface area contributed by atoms with E-state index in [1.165, 1.54) is 4.72 Å². The molecular weight excluding hydrogens is 289 g/mol. The summed E-state index contributed by atoms with van der Waals surface area (Å²) in [4.78, 5) is 0. The van der Waals surface area contributed by atoms with Crippen molar-refractivity contribution < 1.29 is 31.4 Å². The summed E-state index contributed by atoms with van der Waals surface area (Å²) in [6, 6.07) is 0. The highest BCUT2D eigenvalue weighted by Gasteiger charge is 2.33. The summed E-state index contributed by atoms with van der Waals surface area (Å²) in [7, 11) is -4.10. The van der Waals surface area contributed by atoms with E-state index in [1.807, 2.05) is 0 Å². The molecule has 10 heteroatoms. The molecule has 1 aliphatic rings. The van der Waals surface area contributed by atoms with Crippen molar-refractivity contribution in [2.75, 3.05) is 32.8 Å². The molecule has 0 saturated carbocycles. The minimum absolute atomic E-state index is 0.100. The molecule has 0 spiro atoms. The standard InChI is InChI=1S/C9H17F3N2O4S/c10-9(11,12)7-13-19(16,17)14-3-1-8(2-4-14)18-6-5-15/h8,13,15H,1-7H2. The van der Waals surface area contributed by atoms with Crippen molar-refractivity contribution in [1.82, 2.24) is 9.03 Å². The fraction of sp³-hybridized carbons (Fsp3) is 1.00. The molecule has 114 valence electrons. The Bertz CT molecular complexity index is 366. The summed E-state index contributed by atoms with van der Waals surface area (Å²) in [5.74, 6) is 0. The lowest BCUT2D eigenvalue weighted by Crippen LogP contribution is -2.48. The molecule has 6 nitrogen and oxygen atoms in total. The number of hydrogen-bond donors (Lipinski definition) is 2. The van der Waals surface area contributed by atoms with Gasteiger partial charge in [0, 0.05) is 13.1 Å². The maximum atomic E-state index is 12.0. The molecule has 1 saturated heterocycles. The van der Waals surface area contributed by atoms with Crippen LogP contribution in [0.2, 0.25) is 0 Å². The first-order valence-corrected chi connectivity index (χ1v) is 7.22. The first-order chi connectivity index (χ1) is 8.74. The Labute approximate surface area is 109 Å². The van der Waals surface area contributed by atoms with E-state index in [0.717, 1.165) is 4.31 Å². The smallest absolute Gasteiger partial charge is 0.394 e. The molecule has 19 heavy (non-hydrogen) atoms. The van der Waals surface area contributed by atoms with Crippen LogP contribution in [0.15, 0.2) is 0 Å². The van der Waals surface area contributed by atoms with Crippen LogP contribution >= 0.6 is 0 Å². The van der Waals surface area contributed by atoms with Gasteiger partial charge in [-0.3, -0.25) is 0 Å². The SMILES string of the molecule is O=S(=O)(NCC(F)(F)F)N1CCC(OCCO)CC1. The third-order valence-electron chi connectivity index (χ3n) is 2.64. The minimum Gasteiger partial charge on any atom is -0.394 e. The number of hydrogen-bond acceptors (Lipinski definition) is 4. The van der Waals surface area contributed by atoms with Gasteiger partial charge in [-0.2, -0.15) is 30.6 Å². The Kier molecular flexibility index (Phi) is 5.99. The summed E-state index contributed by atoms with van der Waals surface area (Å²) in [5, 5.41) is 8.58. The third-order valence-corrected chi connectivity index (χ3v) is 4.19.